The van der Waals surface area contributed by atoms with Gasteiger partial charge in [-0.05, 0) is 24.3 Å². The number of hydrogen-bond donors (Lipinski definition) is 1. The van der Waals surface area contributed by atoms with Gasteiger partial charge in [0.25, 0.3) is 5.91 Å². The van der Waals surface area contributed by atoms with E-state index in [2.05, 4.69) is 0 Å². The van der Waals surface area contributed by atoms with Crippen molar-refractivity contribution in [2.45, 2.75) is 6.54 Å². The van der Waals surface area contributed by atoms with Gasteiger partial charge in [0.2, 0.25) is 0 Å². The number of esters is 1. The van der Waals surface area contributed by atoms with E-state index in [1.54, 1.807) is 36.4 Å². The highest BCUT2D eigenvalue weighted by molar-refractivity contribution is 6.33. The van der Waals surface area contributed by atoms with E-state index in [-0.39, 0.29) is 12.5 Å². The van der Waals surface area contributed by atoms with Gasteiger partial charge in [-0.1, -0.05) is 23.7 Å². The maximum Gasteiger partial charge on any atom is 0.339 e. The van der Waals surface area contributed by atoms with Gasteiger partial charge in [0, 0.05) is 16.3 Å². The summed E-state index contributed by atoms with van der Waals surface area (Å²) in [6, 6.07) is 10.0. The van der Waals surface area contributed by atoms with Gasteiger partial charge in [0.1, 0.15) is 0 Å². The molecule has 1 aliphatic heterocycles. The lowest BCUT2D eigenvalue weighted by Gasteiger charge is -2.18. The van der Waals surface area contributed by atoms with Crippen LogP contribution in [-0.4, -0.2) is 19.0 Å². The van der Waals surface area contributed by atoms with E-state index in [9.17, 15) is 9.59 Å². The van der Waals surface area contributed by atoms with Gasteiger partial charge in [0.15, 0.2) is 0 Å². The molecule has 1 heterocycles. The van der Waals surface area contributed by atoms with Crippen LogP contribution in [0.25, 0.3) is 0 Å². The van der Waals surface area contributed by atoms with Gasteiger partial charge >= 0.3 is 5.97 Å². The van der Waals surface area contributed by atoms with E-state index in [1.807, 2.05) is 0 Å². The third kappa shape index (κ3) is 2.10. The zero-order valence-corrected chi connectivity index (χ0v) is 12.6. The topological polar surface area (TPSA) is 72.6 Å². The second kappa shape index (κ2) is 5.35. The molecule has 0 fully saturated rings. The number of carbonyl (C=O) groups excluding carboxylic acids is 2. The van der Waals surface area contributed by atoms with Crippen LogP contribution < -0.4 is 10.6 Å². The minimum Gasteiger partial charge on any atom is -0.465 e. The lowest BCUT2D eigenvalue weighted by Crippen LogP contribution is -2.25. The predicted molar refractivity (Wildman–Crippen MR) is 84.2 cm³/mol. The van der Waals surface area contributed by atoms with Crippen LogP contribution in [0.4, 0.5) is 11.4 Å². The van der Waals surface area contributed by atoms with Crippen molar-refractivity contribution in [3.05, 3.63) is 58.1 Å². The highest BCUT2D eigenvalue weighted by atomic mass is 35.5. The standard InChI is InChI=1S/C16H13ClN2O3/c1-22-16(21)9-4-2-3-5-13(9)19-8-10-11(17)6-7-12(18)14(10)15(19)20/h2-7H,8,18H2,1H3. The average molecular weight is 317 g/mol. The van der Waals surface area contributed by atoms with E-state index < -0.39 is 5.97 Å². The molecule has 0 aromatic heterocycles. The molecule has 0 spiro atoms. The zero-order valence-electron chi connectivity index (χ0n) is 11.8. The summed E-state index contributed by atoms with van der Waals surface area (Å²) in [6.07, 6.45) is 0. The fourth-order valence-electron chi connectivity index (χ4n) is 2.60. The van der Waals surface area contributed by atoms with Gasteiger partial charge in [0.05, 0.1) is 30.5 Å². The average Bonchev–Trinajstić information content (AvgIpc) is 2.89. The zero-order chi connectivity index (χ0) is 15.9. The Hall–Kier alpha value is -2.53. The second-order valence-corrected chi connectivity index (χ2v) is 5.30. The predicted octanol–water partition coefficient (Wildman–Crippen LogP) is 2.87. The van der Waals surface area contributed by atoms with Crippen LogP contribution in [-0.2, 0) is 11.3 Å². The van der Waals surface area contributed by atoms with Gasteiger partial charge in [-0.3, -0.25) is 4.79 Å². The maximum atomic E-state index is 12.7. The molecule has 2 aromatic rings. The Kier molecular flexibility index (Phi) is 3.50. The molecule has 0 radical (unpaired) electrons. The normalized spacial score (nSPS) is 13.2. The van der Waals surface area contributed by atoms with E-state index in [4.69, 9.17) is 22.1 Å². The van der Waals surface area contributed by atoms with E-state index in [0.29, 0.717) is 33.1 Å². The number of hydrogen-bond acceptors (Lipinski definition) is 4. The Morgan fingerprint density at radius 3 is 2.68 bits per heavy atom. The number of nitrogens with zero attached hydrogens (tertiary/aromatic N) is 1. The Labute approximate surface area is 132 Å². The van der Waals surface area contributed by atoms with Crippen molar-refractivity contribution in [1.29, 1.82) is 0 Å². The molecule has 22 heavy (non-hydrogen) atoms. The number of halogens is 1. The van der Waals surface area contributed by atoms with E-state index >= 15 is 0 Å². The van der Waals surface area contributed by atoms with Gasteiger partial charge < -0.3 is 15.4 Å². The first kappa shape index (κ1) is 14.4. The fourth-order valence-corrected chi connectivity index (χ4v) is 2.82. The Balaban J connectivity index is 2.10. The van der Waals surface area contributed by atoms with Gasteiger partial charge in [-0.2, -0.15) is 0 Å². The van der Waals surface area contributed by atoms with Crippen LogP contribution in [0.1, 0.15) is 26.3 Å². The molecular weight excluding hydrogens is 304 g/mol. The van der Waals surface area contributed by atoms with Crippen LogP contribution >= 0.6 is 11.6 Å². The first-order valence-electron chi connectivity index (χ1n) is 6.60. The first-order chi connectivity index (χ1) is 10.5. The number of rotatable bonds is 2. The Morgan fingerprint density at radius 1 is 1.27 bits per heavy atom. The van der Waals surface area contributed by atoms with Crippen molar-refractivity contribution in [2.75, 3.05) is 17.7 Å². The fraction of sp³-hybridized carbons (Fsp3) is 0.125. The summed E-state index contributed by atoms with van der Waals surface area (Å²) in [5.41, 5.74) is 8.14. The molecule has 0 saturated heterocycles. The lowest BCUT2D eigenvalue weighted by atomic mass is 10.1. The summed E-state index contributed by atoms with van der Waals surface area (Å²) < 4.78 is 4.77. The third-order valence-corrected chi connectivity index (χ3v) is 4.02. The summed E-state index contributed by atoms with van der Waals surface area (Å²) in [7, 11) is 1.30. The summed E-state index contributed by atoms with van der Waals surface area (Å²) in [5.74, 6) is -0.773. The number of methoxy groups -OCH3 is 1. The molecule has 2 aromatic carbocycles. The minimum atomic E-state index is -0.501. The summed E-state index contributed by atoms with van der Waals surface area (Å²) in [6.45, 7) is 0.270. The molecule has 0 unspecified atom stereocenters. The van der Waals surface area contributed by atoms with E-state index in [0.717, 1.165) is 0 Å². The SMILES string of the molecule is COC(=O)c1ccccc1N1Cc2c(Cl)ccc(N)c2C1=O. The van der Waals surface area contributed by atoms with Crippen LogP contribution in [0.5, 0.6) is 0 Å². The summed E-state index contributed by atoms with van der Waals surface area (Å²) >= 11 is 6.16. The van der Waals surface area contributed by atoms with Crippen molar-refractivity contribution in [1.82, 2.24) is 0 Å². The van der Waals surface area contributed by atoms with Crippen molar-refractivity contribution in [3.63, 3.8) is 0 Å². The number of nitrogen functional groups attached to an aromatic ring is 1. The molecule has 5 nitrogen and oxygen atoms in total. The lowest BCUT2D eigenvalue weighted by molar-refractivity contribution is 0.0601. The summed E-state index contributed by atoms with van der Waals surface area (Å²) in [5, 5.41) is 0.482. The number of fused-ring (bicyclic) bond motifs is 1. The maximum absolute atomic E-state index is 12.7. The number of amides is 1. The molecule has 6 heteroatoms. The number of nitrogens with two attached hydrogens (primary N) is 1. The third-order valence-electron chi connectivity index (χ3n) is 3.66. The van der Waals surface area contributed by atoms with Gasteiger partial charge in [-0.25, -0.2) is 4.79 Å². The van der Waals surface area contributed by atoms with Crippen LogP contribution in [0, 0.1) is 0 Å². The summed E-state index contributed by atoms with van der Waals surface area (Å²) in [4.78, 5) is 26.0. The highest BCUT2D eigenvalue weighted by Crippen LogP contribution is 2.37. The van der Waals surface area contributed by atoms with Crippen molar-refractivity contribution in [2.24, 2.45) is 0 Å². The smallest absolute Gasteiger partial charge is 0.339 e. The molecule has 0 aliphatic carbocycles. The highest BCUT2D eigenvalue weighted by Gasteiger charge is 2.34. The van der Waals surface area contributed by atoms with Crippen LogP contribution in [0.2, 0.25) is 5.02 Å². The molecule has 0 atom stereocenters. The molecule has 112 valence electrons. The first-order valence-corrected chi connectivity index (χ1v) is 6.98. The largest absolute Gasteiger partial charge is 0.465 e. The van der Waals surface area contributed by atoms with Crippen LogP contribution in [0.15, 0.2) is 36.4 Å². The minimum absolute atomic E-state index is 0.270. The number of anilines is 2. The van der Waals surface area contributed by atoms with Crippen molar-refractivity contribution in [3.8, 4) is 0 Å². The molecule has 0 saturated carbocycles. The number of ether oxygens (including phenoxy) is 1. The Bertz CT molecular complexity index is 789. The molecule has 3 rings (SSSR count). The quantitative estimate of drug-likeness (QED) is 0.683. The molecule has 1 amide bonds. The second-order valence-electron chi connectivity index (χ2n) is 4.89. The molecule has 1 aliphatic rings. The number of carbonyl (C=O) groups is 2. The monoisotopic (exact) mass is 316 g/mol. The number of para-hydroxylation sites is 1. The number of benzene rings is 2. The molecule has 2 N–H and O–H groups in total. The van der Waals surface area contributed by atoms with Crippen LogP contribution in [0.3, 0.4) is 0 Å². The van der Waals surface area contributed by atoms with Crippen molar-refractivity contribution >= 4 is 34.9 Å². The molecular formula is C16H13ClN2O3. The van der Waals surface area contributed by atoms with Gasteiger partial charge in [-0.15, -0.1) is 0 Å². The van der Waals surface area contributed by atoms with Crippen molar-refractivity contribution < 1.29 is 14.3 Å². The Morgan fingerprint density at radius 2 is 2.00 bits per heavy atom. The van der Waals surface area contributed by atoms with E-state index in [1.165, 1.54) is 12.0 Å². The molecule has 0 bridgehead atoms.